The quantitative estimate of drug-likeness (QED) is 0.0938. The number of aryl methyl sites for hydroxylation is 3. The number of hydrogen-bond acceptors (Lipinski definition) is 8. The van der Waals surface area contributed by atoms with E-state index in [4.69, 9.17) is 14.2 Å². The first kappa shape index (κ1) is 43.0. The van der Waals surface area contributed by atoms with E-state index in [1.807, 2.05) is 60.7 Å². The molecule has 0 aliphatic rings. The fourth-order valence-electron chi connectivity index (χ4n) is 6.34. The fourth-order valence-corrected chi connectivity index (χ4v) is 6.34. The number of methoxy groups -OCH3 is 1. The number of aromatic amines is 2. The number of fused-ring (bicyclic) bond motifs is 2. The number of amides is 4. The van der Waals surface area contributed by atoms with Crippen molar-refractivity contribution in [1.29, 1.82) is 0 Å². The van der Waals surface area contributed by atoms with Crippen LogP contribution in [0, 0.1) is 20.8 Å². The molecule has 0 aliphatic heterocycles. The third-order valence-corrected chi connectivity index (χ3v) is 9.74. The smallest absolute Gasteiger partial charge is 0.415 e. The number of carbonyl (C=O) groups excluding carboxylic acids is 5. The molecule has 0 bridgehead atoms. The summed E-state index contributed by atoms with van der Waals surface area (Å²) in [6.45, 7) is 15.7. The second-order valence-electron chi connectivity index (χ2n) is 13.7. The molecule has 0 unspecified atom stereocenters. The highest BCUT2D eigenvalue weighted by Gasteiger charge is 2.18. The van der Waals surface area contributed by atoms with Crippen LogP contribution in [0.15, 0.2) is 85.2 Å². The van der Waals surface area contributed by atoms with Crippen molar-refractivity contribution >= 4 is 63.2 Å². The van der Waals surface area contributed by atoms with Gasteiger partial charge in [0.05, 0.1) is 35.1 Å². The molecule has 2 aromatic heterocycles. The van der Waals surface area contributed by atoms with Gasteiger partial charge in [-0.25, -0.2) is 14.4 Å². The van der Waals surface area contributed by atoms with Gasteiger partial charge in [-0.3, -0.25) is 9.59 Å². The number of hydrogen-bond donors (Lipinski definition) is 4. The van der Waals surface area contributed by atoms with E-state index in [9.17, 15) is 24.0 Å². The van der Waals surface area contributed by atoms with Crippen LogP contribution >= 0.6 is 0 Å². The Morgan fingerprint density at radius 1 is 0.559 bits per heavy atom. The van der Waals surface area contributed by atoms with Crippen LogP contribution in [0.25, 0.3) is 21.8 Å². The molecule has 14 nitrogen and oxygen atoms in total. The summed E-state index contributed by atoms with van der Waals surface area (Å²) in [6.07, 6.45) is 2.90. The molecular formula is C45H50N6O8. The van der Waals surface area contributed by atoms with E-state index in [2.05, 4.69) is 26.7 Å². The van der Waals surface area contributed by atoms with Crippen LogP contribution in [-0.4, -0.2) is 83.0 Å². The number of rotatable bonds is 11. The number of anilines is 2. The Hall–Kier alpha value is -7.09. The van der Waals surface area contributed by atoms with E-state index in [1.54, 1.807) is 76.7 Å². The van der Waals surface area contributed by atoms with Gasteiger partial charge in [0.1, 0.15) is 11.5 Å². The summed E-state index contributed by atoms with van der Waals surface area (Å²) in [7, 11) is 1.31. The van der Waals surface area contributed by atoms with Gasteiger partial charge in [0.15, 0.2) is 0 Å². The zero-order valence-electron chi connectivity index (χ0n) is 34.6. The van der Waals surface area contributed by atoms with Gasteiger partial charge in [0.25, 0.3) is 11.8 Å². The molecule has 14 heteroatoms. The zero-order chi connectivity index (χ0) is 42.8. The number of benzene rings is 4. The highest BCUT2D eigenvalue weighted by atomic mass is 16.6. The van der Waals surface area contributed by atoms with Crippen molar-refractivity contribution in [3.05, 3.63) is 119 Å². The van der Waals surface area contributed by atoms with Crippen molar-refractivity contribution in [2.45, 2.75) is 48.5 Å². The van der Waals surface area contributed by atoms with Gasteiger partial charge in [-0.15, -0.1) is 0 Å². The maximum absolute atomic E-state index is 12.8. The van der Waals surface area contributed by atoms with Crippen molar-refractivity contribution in [3.8, 4) is 11.5 Å². The molecule has 4 N–H and O–H groups in total. The van der Waals surface area contributed by atoms with Gasteiger partial charge in [0, 0.05) is 60.5 Å². The van der Waals surface area contributed by atoms with Crippen molar-refractivity contribution in [1.82, 2.24) is 19.8 Å². The lowest BCUT2D eigenvalue weighted by atomic mass is 10.1. The Labute approximate surface area is 342 Å². The van der Waals surface area contributed by atoms with E-state index in [1.165, 1.54) is 7.11 Å². The molecule has 308 valence electrons. The van der Waals surface area contributed by atoms with Gasteiger partial charge >= 0.3 is 18.2 Å². The lowest BCUT2D eigenvalue weighted by Crippen LogP contribution is -2.33. The van der Waals surface area contributed by atoms with Crippen LogP contribution in [-0.2, 0) is 4.74 Å². The third-order valence-electron chi connectivity index (χ3n) is 9.74. The van der Waals surface area contributed by atoms with Crippen molar-refractivity contribution < 1.29 is 38.2 Å². The first-order chi connectivity index (χ1) is 28.3. The summed E-state index contributed by atoms with van der Waals surface area (Å²) in [4.78, 5) is 71.0. The van der Waals surface area contributed by atoms with E-state index < -0.39 is 18.2 Å². The molecule has 59 heavy (non-hydrogen) atoms. The molecule has 0 saturated heterocycles. The van der Waals surface area contributed by atoms with E-state index in [-0.39, 0.29) is 11.8 Å². The SMILES string of the molecule is CCN(CC)C(=O)Oc1ccc(C(=O)Nc2cc(C(=O)OC)cc3c(C)c[nH]c23)cc1.CCN(CC)C(=O)Oc1ccc(C(=O)Nc2cc(C)cc3c(C)c[nH]c23)cc1. The number of H-pyrrole nitrogens is 2. The van der Waals surface area contributed by atoms with E-state index in [0.29, 0.717) is 65.6 Å². The topological polar surface area (TPSA) is 175 Å². The number of esters is 1. The van der Waals surface area contributed by atoms with Crippen LogP contribution < -0.4 is 20.1 Å². The maximum Gasteiger partial charge on any atom is 0.415 e. The monoisotopic (exact) mass is 802 g/mol. The third kappa shape index (κ3) is 10.3. The van der Waals surface area contributed by atoms with Crippen molar-refractivity contribution in [3.63, 3.8) is 0 Å². The molecule has 4 amide bonds. The summed E-state index contributed by atoms with van der Waals surface area (Å²) >= 11 is 0. The predicted octanol–water partition coefficient (Wildman–Crippen LogP) is 9.23. The minimum atomic E-state index is -0.489. The Kier molecular flexibility index (Phi) is 14.1. The van der Waals surface area contributed by atoms with Gasteiger partial charge in [-0.1, -0.05) is 0 Å². The van der Waals surface area contributed by atoms with Crippen molar-refractivity contribution in [2.75, 3.05) is 43.9 Å². The van der Waals surface area contributed by atoms with Crippen LogP contribution in [0.1, 0.15) is 75.5 Å². The Balaban J connectivity index is 0.000000225. The minimum Gasteiger partial charge on any atom is -0.465 e. The van der Waals surface area contributed by atoms with Crippen molar-refractivity contribution in [2.24, 2.45) is 0 Å². The maximum atomic E-state index is 12.8. The van der Waals surface area contributed by atoms with Crippen LogP contribution in [0.5, 0.6) is 11.5 Å². The summed E-state index contributed by atoms with van der Waals surface area (Å²) in [5, 5.41) is 7.71. The average molecular weight is 803 g/mol. The summed E-state index contributed by atoms with van der Waals surface area (Å²) < 4.78 is 15.5. The molecule has 0 atom stereocenters. The van der Waals surface area contributed by atoms with Gasteiger partial charge in [-0.2, -0.15) is 0 Å². The van der Waals surface area contributed by atoms with E-state index in [0.717, 1.165) is 38.7 Å². The second-order valence-corrected chi connectivity index (χ2v) is 13.7. The molecule has 0 saturated carbocycles. The summed E-state index contributed by atoms with van der Waals surface area (Å²) in [6, 6.07) is 20.1. The Morgan fingerprint density at radius 3 is 1.37 bits per heavy atom. The molecule has 0 radical (unpaired) electrons. The Bertz CT molecular complexity index is 2460. The number of nitrogens with zero attached hydrogens (tertiary/aromatic N) is 2. The molecule has 0 fully saturated rings. The summed E-state index contributed by atoms with van der Waals surface area (Å²) in [5.41, 5.74) is 7.17. The van der Waals surface area contributed by atoms with Gasteiger partial charge < -0.3 is 44.6 Å². The lowest BCUT2D eigenvalue weighted by Gasteiger charge is -2.17. The number of aromatic nitrogens is 2. The molecule has 4 aromatic carbocycles. The molecule has 2 heterocycles. The van der Waals surface area contributed by atoms with Crippen LogP contribution in [0.3, 0.4) is 0 Å². The van der Waals surface area contributed by atoms with Gasteiger partial charge in [-0.05, 0) is 138 Å². The normalized spacial score (nSPS) is 10.6. The second kappa shape index (κ2) is 19.4. The Morgan fingerprint density at radius 2 is 0.966 bits per heavy atom. The first-order valence-electron chi connectivity index (χ1n) is 19.3. The van der Waals surface area contributed by atoms with Crippen LogP contribution in [0.4, 0.5) is 21.0 Å². The molecule has 6 rings (SSSR count). The van der Waals surface area contributed by atoms with Crippen LogP contribution in [0.2, 0.25) is 0 Å². The first-order valence-corrected chi connectivity index (χ1v) is 19.3. The summed E-state index contributed by atoms with van der Waals surface area (Å²) in [5.74, 6) is -0.315. The zero-order valence-corrected chi connectivity index (χ0v) is 34.6. The molecule has 0 aliphatic carbocycles. The highest BCUT2D eigenvalue weighted by molar-refractivity contribution is 6.11. The largest absolute Gasteiger partial charge is 0.465 e. The molecule has 6 aromatic rings. The number of nitrogens with one attached hydrogen (secondary N) is 4. The number of carbonyl (C=O) groups is 5. The van der Waals surface area contributed by atoms with Gasteiger partial charge in [0.2, 0.25) is 0 Å². The number of ether oxygens (including phenoxy) is 3. The highest BCUT2D eigenvalue weighted by Crippen LogP contribution is 2.29. The molecule has 0 spiro atoms. The predicted molar refractivity (Wildman–Crippen MR) is 229 cm³/mol. The fraction of sp³-hybridized carbons (Fsp3) is 0.267. The minimum absolute atomic E-state index is 0.222. The standard InChI is InChI=1S/C23H25N3O5.C22H25N3O3/c1-5-26(6-2)23(29)31-17-9-7-15(8-10-17)21(27)25-19-12-16(22(28)30-4)11-18-14(3)13-24-20(18)19;1-5-25(6-2)22(27)28-17-9-7-16(8-10-17)21(26)24-19-12-14(3)11-18-15(4)13-23-20(18)19/h7-13,24H,5-6H2,1-4H3,(H,25,27);7-13,23H,5-6H2,1-4H3,(H,24,26). The van der Waals surface area contributed by atoms with E-state index >= 15 is 0 Å². The molecular weight excluding hydrogens is 753 g/mol. The lowest BCUT2D eigenvalue weighted by molar-refractivity contribution is 0.0600. The average Bonchev–Trinajstić information content (AvgIpc) is 3.80.